The molecule has 1 saturated heterocycles. The van der Waals surface area contributed by atoms with Gasteiger partial charge in [-0.15, -0.1) is 0 Å². The lowest BCUT2D eigenvalue weighted by molar-refractivity contribution is 0.321. The summed E-state index contributed by atoms with van der Waals surface area (Å²) in [5, 5.41) is 3.67. The first-order chi connectivity index (χ1) is 10.3. The molecule has 1 aliphatic heterocycles. The summed E-state index contributed by atoms with van der Waals surface area (Å²) >= 11 is 0. The van der Waals surface area contributed by atoms with Gasteiger partial charge in [-0.2, -0.15) is 0 Å². The maximum absolute atomic E-state index is 5.46. The smallest absolute Gasteiger partial charge is 0.120 e. The van der Waals surface area contributed by atoms with Crippen molar-refractivity contribution in [3.8, 4) is 0 Å². The zero-order valence-corrected chi connectivity index (χ0v) is 12.7. The molecule has 2 aromatic rings. The fourth-order valence-corrected chi connectivity index (χ4v) is 3.08. The van der Waals surface area contributed by atoms with Crippen molar-refractivity contribution in [2.45, 2.75) is 31.8 Å². The lowest BCUT2D eigenvalue weighted by Gasteiger charge is -2.19. The minimum Gasteiger partial charge on any atom is -0.468 e. The molecule has 3 rings (SSSR count). The van der Waals surface area contributed by atoms with E-state index < -0.39 is 0 Å². The maximum atomic E-state index is 5.46. The number of nitrogens with zero attached hydrogens (tertiary/aromatic N) is 1. The molecule has 0 radical (unpaired) electrons. The lowest BCUT2D eigenvalue weighted by atomic mass is 10.1. The molecule has 1 aromatic heterocycles. The quantitative estimate of drug-likeness (QED) is 0.882. The second-order valence-electron chi connectivity index (χ2n) is 5.93. The summed E-state index contributed by atoms with van der Waals surface area (Å²) in [7, 11) is 0. The van der Waals surface area contributed by atoms with Gasteiger partial charge in [0, 0.05) is 19.1 Å². The zero-order chi connectivity index (χ0) is 14.5. The van der Waals surface area contributed by atoms with Gasteiger partial charge in [0.1, 0.15) is 5.76 Å². The van der Waals surface area contributed by atoms with Crippen LogP contribution in [0, 0.1) is 0 Å². The molecule has 0 aliphatic carbocycles. The fourth-order valence-electron chi connectivity index (χ4n) is 3.08. The highest BCUT2D eigenvalue weighted by molar-refractivity contribution is 5.15. The summed E-state index contributed by atoms with van der Waals surface area (Å²) < 4.78 is 5.46. The fraction of sp³-hybridized carbons (Fsp3) is 0.444. The van der Waals surface area contributed by atoms with E-state index in [4.69, 9.17) is 4.42 Å². The molecule has 1 unspecified atom stereocenters. The number of nitrogens with one attached hydrogen (secondary N) is 1. The van der Waals surface area contributed by atoms with Crippen molar-refractivity contribution in [3.63, 3.8) is 0 Å². The molecule has 1 fully saturated rings. The predicted molar refractivity (Wildman–Crippen MR) is 85.2 cm³/mol. The second-order valence-corrected chi connectivity index (χ2v) is 5.93. The maximum Gasteiger partial charge on any atom is 0.120 e. The van der Waals surface area contributed by atoms with Crippen LogP contribution in [-0.4, -0.2) is 30.6 Å². The van der Waals surface area contributed by atoms with E-state index in [2.05, 4.69) is 47.5 Å². The first-order valence-corrected chi connectivity index (χ1v) is 7.87. The van der Waals surface area contributed by atoms with Crippen LogP contribution in [0.1, 0.15) is 30.7 Å². The van der Waals surface area contributed by atoms with Gasteiger partial charge in [0.2, 0.25) is 0 Å². The summed E-state index contributed by atoms with van der Waals surface area (Å²) in [4.78, 5) is 2.56. The van der Waals surface area contributed by atoms with Crippen LogP contribution in [0.15, 0.2) is 53.1 Å². The van der Waals surface area contributed by atoms with E-state index in [0.29, 0.717) is 12.1 Å². The van der Waals surface area contributed by atoms with E-state index in [1.165, 1.54) is 18.5 Å². The average molecular weight is 284 g/mol. The summed E-state index contributed by atoms with van der Waals surface area (Å²) in [6.07, 6.45) is 4.11. The molecule has 0 saturated carbocycles. The van der Waals surface area contributed by atoms with Crippen LogP contribution in [-0.2, 0) is 6.42 Å². The van der Waals surface area contributed by atoms with Crippen LogP contribution in [0.2, 0.25) is 0 Å². The monoisotopic (exact) mass is 284 g/mol. The molecule has 112 valence electrons. The number of benzene rings is 1. The van der Waals surface area contributed by atoms with E-state index >= 15 is 0 Å². The van der Waals surface area contributed by atoms with Crippen LogP contribution in [0.3, 0.4) is 0 Å². The highest BCUT2D eigenvalue weighted by atomic mass is 16.3. The molecule has 0 spiro atoms. The first kappa shape index (κ1) is 14.4. The average Bonchev–Trinajstić information content (AvgIpc) is 3.18. The molecular weight excluding hydrogens is 260 g/mol. The third-order valence-corrected chi connectivity index (χ3v) is 4.29. The standard InChI is InChI=1S/C18H24N2O/c1-15(18-8-5-13-21-18)19-17-10-12-20(14-17)11-9-16-6-3-2-4-7-16/h2-8,13,15,17,19H,9-12,14H2,1H3/t15-,17?/m0/s1. The Kier molecular flexibility index (Phi) is 4.73. The van der Waals surface area contributed by atoms with Gasteiger partial charge < -0.3 is 14.6 Å². The SMILES string of the molecule is C[C@H](NC1CCN(CCc2ccccc2)C1)c1ccco1. The van der Waals surface area contributed by atoms with Crippen LogP contribution in [0.5, 0.6) is 0 Å². The molecule has 2 atom stereocenters. The summed E-state index contributed by atoms with van der Waals surface area (Å²) in [5.41, 5.74) is 1.43. The second kappa shape index (κ2) is 6.92. The summed E-state index contributed by atoms with van der Waals surface area (Å²) in [5.74, 6) is 1.03. The van der Waals surface area contributed by atoms with Crippen molar-refractivity contribution in [2.75, 3.05) is 19.6 Å². The van der Waals surface area contributed by atoms with E-state index in [1.807, 2.05) is 12.1 Å². The molecule has 1 N–H and O–H groups in total. The highest BCUT2D eigenvalue weighted by Crippen LogP contribution is 2.17. The Hall–Kier alpha value is -1.58. The van der Waals surface area contributed by atoms with Crippen molar-refractivity contribution >= 4 is 0 Å². The number of hydrogen-bond acceptors (Lipinski definition) is 3. The van der Waals surface area contributed by atoms with E-state index in [1.54, 1.807) is 6.26 Å². The van der Waals surface area contributed by atoms with E-state index in [9.17, 15) is 0 Å². The van der Waals surface area contributed by atoms with Crippen molar-refractivity contribution < 1.29 is 4.42 Å². The van der Waals surface area contributed by atoms with Crippen molar-refractivity contribution in [2.24, 2.45) is 0 Å². The molecule has 21 heavy (non-hydrogen) atoms. The van der Waals surface area contributed by atoms with Gasteiger partial charge in [0.15, 0.2) is 0 Å². The largest absolute Gasteiger partial charge is 0.468 e. The number of hydrogen-bond donors (Lipinski definition) is 1. The molecule has 3 nitrogen and oxygen atoms in total. The predicted octanol–water partition coefficient (Wildman–Crippen LogP) is 3.25. The molecule has 1 aromatic carbocycles. The summed E-state index contributed by atoms with van der Waals surface area (Å²) in [6.45, 7) is 5.65. The Labute approximate surface area is 127 Å². The minimum atomic E-state index is 0.291. The minimum absolute atomic E-state index is 0.291. The molecule has 1 aliphatic rings. The van der Waals surface area contributed by atoms with E-state index in [-0.39, 0.29) is 0 Å². The number of likely N-dealkylation sites (tertiary alicyclic amines) is 1. The molecule has 0 amide bonds. The third kappa shape index (κ3) is 3.96. The Morgan fingerprint density at radius 3 is 2.86 bits per heavy atom. The third-order valence-electron chi connectivity index (χ3n) is 4.29. The van der Waals surface area contributed by atoms with Crippen LogP contribution in [0.4, 0.5) is 0 Å². The van der Waals surface area contributed by atoms with Crippen molar-refractivity contribution in [1.29, 1.82) is 0 Å². The Morgan fingerprint density at radius 1 is 1.24 bits per heavy atom. The van der Waals surface area contributed by atoms with Gasteiger partial charge in [-0.1, -0.05) is 30.3 Å². The van der Waals surface area contributed by atoms with Gasteiger partial charge in [-0.25, -0.2) is 0 Å². The number of furan rings is 1. The molecule has 0 bridgehead atoms. The molecular formula is C18H24N2O. The van der Waals surface area contributed by atoms with Crippen LogP contribution in [0.25, 0.3) is 0 Å². The first-order valence-electron chi connectivity index (χ1n) is 7.87. The topological polar surface area (TPSA) is 28.4 Å². The van der Waals surface area contributed by atoms with Crippen molar-refractivity contribution in [1.82, 2.24) is 10.2 Å². The zero-order valence-electron chi connectivity index (χ0n) is 12.7. The summed E-state index contributed by atoms with van der Waals surface area (Å²) in [6, 6.07) is 15.6. The van der Waals surface area contributed by atoms with Gasteiger partial charge in [0.05, 0.1) is 12.3 Å². The number of rotatable bonds is 6. The van der Waals surface area contributed by atoms with Gasteiger partial charge in [0.25, 0.3) is 0 Å². The van der Waals surface area contributed by atoms with Gasteiger partial charge in [-0.05, 0) is 44.0 Å². The van der Waals surface area contributed by atoms with Crippen LogP contribution >= 0.6 is 0 Å². The normalized spacial score (nSPS) is 20.7. The Balaban J connectivity index is 1.43. The van der Waals surface area contributed by atoms with Crippen LogP contribution < -0.4 is 5.32 Å². The van der Waals surface area contributed by atoms with Gasteiger partial charge >= 0.3 is 0 Å². The van der Waals surface area contributed by atoms with E-state index in [0.717, 1.165) is 25.3 Å². The molecule has 2 heterocycles. The van der Waals surface area contributed by atoms with Gasteiger partial charge in [-0.3, -0.25) is 0 Å². The molecule has 3 heteroatoms. The lowest BCUT2D eigenvalue weighted by Crippen LogP contribution is -2.34. The highest BCUT2D eigenvalue weighted by Gasteiger charge is 2.24. The Morgan fingerprint density at radius 2 is 2.10 bits per heavy atom. The Bertz CT molecular complexity index is 523. The van der Waals surface area contributed by atoms with Crippen molar-refractivity contribution in [3.05, 3.63) is 60.1 Å².